The molecule has 11 heteroatoms. The van der Waals surface area contributed by atoms with Crippen LogP contribution < -0.4 is 10.2 Å². The number of rotatable bonds is 7. The van der Waals surface area contributed by atoms with Crippen molar-refractivity contribution >= 4 is 11.6 Å². The number of carbonyl (C=O) groups excluding carboxylic acids is 1. The van der Waals surface area contributed by atoms with Crippen molar-refractivity contribution in [3.05, 3.63) is 76.4 Å². The fourth-order valence-corrected chi connectivity index (χ4v) is 6.53. The molecule has 3 aliphatic rings. The first-order valence-electron chi connectivity index (χ1n) is 13.4. The molecule has 1 N–H and O–H groups in total. The lowest BCUT2D eigenvalue weighted by Crippen LogP contribution is -2.48. The maximum atomic E-state index is 14.2. The number of nitrogens with one attached hydrogen (secondary N) is 1. The molecular weight excluding hydrogens is 526 g/mol. The van der Waals surface area contributed by atoms with Gasteiger partial charge >= 0.3 is 6.18 Å². The third kappa shape index (κ3) is 4.49. The molecule has 0 spiro atoms. The number of benzene rings is 2. The number of methoxy groups -OCH3 is 1. The fraction of sp³-hybridized carbons (Fsp3) is 0.483. The average Bonchev–Trinajstić information content (AvgIpc) is 3.43. The Kier molecular flexibility index (Phi) is 6.30. The lowest BCUT2D eigenvalue weighted by Gasteiger charge is -2.46. The van der Waals surface area contributed by atoms with E-state index >= 15 is 0 Å². The highest BCUT2D eigenvalue weighted by atomic mass is 19.4. The normalized spacial score (nSPS) is 27.9. The van der Waals surface area contributed by atoms with Crippen LogP contribution in [0.2, 0.25) is 0 Å². The molecule has 1 amide bonds. The third-order valence-electron chi connectivity index (χ3n) is 8.68. The number of aromatic nitrogens is 3. The van der Waals surface area contributed by atoms with E-state index in [2.05, 4.69) is 15.5 Å². The van der Waals surface area contributed by atoms with Gasteiger partial charge in [-0.2, -0.15) is 13.2 Å². The summed E-state index contributed by atoms with van der Waals surface area (Å²) in [6, 6.07) is 9.91. The molecule has 6 rings (SSSR count). The molecule has 1 aliphatic heterocycles. The lowest BCUT2D eigenvalue weighted by atomic mass is 9.62. The van der Waals surface area contributed by atoms with Gasteiger partial charge in [0, 0.05) is 38.0 Å². The number of anilines is 1. The van der Waals surface area contributed by atoms with Gasteiger partial charge in [-0.25, -0.2) is 4.39 Å². The van der Waals surface area contributed by atoms with Gasteiger partial charge in [0.2, 0.25) is 0 Å². The molecule has 2 aromatic carbocycles. The van der Waals surface area contributed by atoms with Crippen LogP contribution >= 0.6 is 0 Å². The molecule has 0 atom stereocenters. The Bertz CT molecular complexity index is 1450. The van der Waals surface area contributed by atoms with Crippen LogP contribution in [0.15, 0.2) is 42.7 Å². The summed E-state index contributed by atoms with van der Waals surface area (Å²) < 4.78 is 63.8. The topological polar surface area (TPSA) is 72.3 Å². The molecule has 0 bridgehead atoms. The molecule has 2 fully saturated rings. The lowest BCUT2D eigenvalue weighted by molar-refractivity contribution is -0.138. The summed E-state index contributed by atoms with van der Waals surface area (Å²) in [5, 5.41) is 11.5. The number of nitrogens with zero attached hydrogens (tertiary/aromatic N) is 4. The van der Waals surface area contributed by atoms with Gasteiger partial charge in [0.1, 0.15) is 17.8 Å². The van der Waals surface area contributed by atoms with E-state index in [9.17, 15) is 22.4 Å². The van der Waals surface area contributed by atoms with Crippen LogP contribution in [-0.4, -0.2) is 45.6 Å². The van der Waals surface area contributed by atoms with Gasteiger partial charge in [0.05, 0.1) is 23.6 Å². The van der Waals surface area contributed by atoms with Crippen molar-refractivity contribution in [3.63, 3.8) is 0 Å². The van der Waals surface area contributed by atoms with E-state index in [-0.39, 0.29) is 36.4 Å². The summed E-state index contributed by atoms with van der Waals surface area (Å²) in [7, 11) is 3.53. The number of ether oxygens (including phenoxy) is 1. The number of fused-ring (bicyclic) bond motifs is 1. The highest BCUT2D eigenvalue weighted by Crippen LogP contribution is 2.50. The average molecular weight is 558 g/mol. The molecule has 2 saturated carbocycles. The van der Waals surface area contributed by atoms with E-state index in [1.54, 1.807) is 19.5 Å². The van der Waals surface area contributed by atoms with Gasteiger partial charge < -0.3 is 19.5 Å². The van der Waals surface area contributed by atoms with E-state index in [0.29, 0.717) is 36.9 Å². The second kappa shape index (κ2) is 9.37. The summed E-state index contributed by atoms with van der Waals surface area (Å²) in [6.45, 7) is 1.46. The van der Waals surface area contributed by atoms with Crippen LogP contribution in [0.3, 0.4) is 0 Å². The molecule has 2 aliphatic carbocycles. The summed E-state index contributed by atoms with van der Waals surface area (Å²) in [5.74, 6) is 0.292. The van der Waals surface area contributed by atoms with E-state index in [1.165, 1.54) is 17.9 Å². The van der Waals surface area contributed by atoms with E-state index in [0.717, 1.165) is 17.5 Å². The molecular formula is C29H31F4N5O2. The Balaban J connectivity index is 1.31. The van der Waals surface area contributed by atoms with Gasteiger partial charge in [-0.05, 0) is 73.6 Å². The van der Waals surface area contributed by atoms with Crippen LogP contribution in [0, 0.1) is 0 Å². The third-order valence-corrected chi connectivity index (χ3v) is 8.68. The van der Waals surface area contributed by atoms with Gasteiger partial charge in [0.15, 0.2) is 0 Å². The van der Waals surface area contributed by atoms with Gasteiger partial charge in [-0.3, -0.25) is 4.79 Å². The SMILES string of the molecule is CO[C@H]1C[C@](c2cccc(N3Cc4c(cc(CNC5CC(C)(F)C5)cc4C(F)(F)F)C3=O)c2)(c2nncn2C)C1. The molecule has 0 saturated heterocycles. The first kappa shape index (κ1) is 26.9. The highest BCUT2D eigenvalue weighted by Gasteiger charge is 2.50. The Morgan fingerprint density at radius 2 is 1.90 bits per heavy atom. The van der Waals surface area contributed by atoms with Crippen LogP contribution in [-0.2, 0) is 36.5 Å². The van der Waals surface area contributed by atoms with Gasteiger partial charge in [-0.15, -0.1) is 10.2 Å². The standard InChI is InChI=1S/C29H31F4N5O2/c1-27(30)10-19(11-27)34-14-17-7-22-23(24(8-17)29(31,32)33)15-38(25(22)39)20-6-4-5-18(9-20)28(12-21(13-28)40-3)26-36-35-16-37(26)2/h4-9,16,19,21,34H,10-15H2,1-3H3/t19?,21-,27?,28-. The van der Waals surface area contributed by atoms with Crippen LogP contribution in [0.25, 0.3) is 0 Å². The van der Waals surface area contributed by atoms with E-state index < -0.39 is 28.7 Å². The number of alkyl halides is 4. The predicted octanol–water partition coefficient (Wildman–Crippen LogP) is 5.07. The van der Waals surface area contributed by atoms with Crippen molar-refractivity contribution in [2.75, 3.05) is 12.0 Å². The number of hydrogen-bond donors (Lipinski definition) is 1. The van der Waals surface area contributed by atoms with E-state index in [1.807, 2.05) is 29.8 Å². The maximum absolute atomic E-state index is 14.2. The minimum atomic E-state index is -4.62. The van der Waals surface area contributed by atoms with Crippen LogP contribution in [0.1, 0.15) is 71.0 Å². The van der Waals surface area contributed by atoms with Crippen LogP contribution in [0.4, 0.5) is 23.2 Å². The Morgan fingerprint density at radius 1 is 1.15 bits per heavy atom. The zero-order valence-electron chi connectivity index (χ0n) is 22.6. The summed E-state index contributed by atoms with van der Waals surface area (Å²) in [6.07, 6.45) is -0.980. The first-order valence-corrected chi connectivity index (χ1v) is 13.4. The molecule has 40 heavy (non-hydrogen) atoms. The first-order chi connectivity index (χ1) is 18.9. The van der Waals surface area contributed by atoms with Crippen LogP contribution in [0.5, 0.6) is 0 Å². The number of carbonyl (C=O) groups is 1. The molecule has 0 unspecified atom stereocenters. The Labute approximate surface area is 229 Å². The highest BCUT2D eigenvalue weighted by molar-refractivity contribution is 6.10. The van der Waals surface area contributed by atoms with Crippen molar-refractivity contribution < 1.29 is 27.1 Å². The second-order valence-corrected chi connectivity index (χ2v) is 11.6. The number of aryl methyl sites for hydroxylation is 1. The summed E-state index contributed by atoms with van der Waals surface area (Å²) in [5.41, 5.74) is -0.744. The van der Waals surface area contributed by atoms with Crippen molar-refractivity contribution in [2.45, 2.75) is 75.1 Å². The molecule has 0 radical (unpaired) electrons. The zero-order valence-corrected chi connectivity index (χ0v) is 22.6. The Morgan fingerprint density at radius 3 is 2.52 bits per heavy atom. The second-order valence-electron chi connectivity index (χ2n) is 11.6. The Hall–Kier alpha value is -3.31. The minimum Gasteiger partial charge on any atom is -0.381 e. The quantitative estimate of drug-likeness (QED) is 0.411. The predicted molar refractivity (Wildman–Crippen MR) is 140 cm³/mol. The number of amides is 1. The van der Waals surface area contributed by atoms with Crippen molar-refractivity contribution in [3.8, 4) is 0 Å². The minimum absolute atomic E-state index is 0.0299. The summed E-state index contributed by atoms with van der Waals surface area (Å²) >= 11 is 0. The molecule has 1 aromatic heterocycles. The van der Waals surface area contributed by atoms with E-state index in [4.69, 9.17) is 4.74 Å². The van der Waals surface area contributed by atoms with Crippen molar-refractivity contribution in [2.24, 2.45) is 7.05 Å². The van der Waals surface area contributed by atoms with Crippen molar-refractivity contribution in [1.29, 1.82) is 0 Å². The zero-order chi connectivity index (χ0) is 28.4. The molecule has 7 nitrogen and oxygen atoms in total. The maximum Gasteiger partial charge on any atom is 0.416 e. The molecule has 3 aromatic rings. The number of halogens is 4. The summed E-state index contributed by atoms with van der Waals surface area (Å²) in [4.78, 5) is 15.0. The molecule has 212 valence electrons. The van der Waals surface area contributed by atoms with Crippen molar-refractivity contribution in [1.82, 2.24) is 20.1 Å². The van der Waals surface area contributed by atoms with Gasteiger partial charge in [0.25, 0.3) is 5.91 Å². The van der Waals surface area contributed by atoms with Gasteiger partial charge in [-0.1, -0.05) is 12.1 Å². The smallest absolute Gasteiger partial charge is 0.381 e. The largest absolute Gasteiger partial charge is 0.416 e. The molecule has 2 heterocycles. The monoisotopic (exact) mass is 557 g/mol. The fourth-order valence-electron chi connectivity index (χ4n) is 6.53. The number of hydrogen-bond acceptors (Lipinski definition) is 5.